The topological polar surface area (TPSA) is 22.1 Å². The number of rotatable bonds is 9. The standard InChI is InChI=1S/C17H22BrNO/c18-12-5-3-1-2-4-6-14-20-16-11-7-9-15-10-8-13-19-17(15)16/h7-11,13H,1-6,12,14H2. The third kappa shape index (κ3) is 4.78. The molecule has 0 bridgehead atoms. The summed E-state index contributed by atoms with van der Waals surface area (Å²) in [5.41, 5.74) is 0.965. The molecule has 0 spiro atoms. The highest BCUT2D eigenvalue weighted by atomic mass is 79.9. The minimum atomic E-state index is 0.786. The number of para-hydroxylation sites is 1. The molecular weight excluding hydrogens is 314 g/mol. The van der Waals surface area contributed by atoms with Crippen LogP contribution in [0.15, 0.2) is 36.5 Å². The lowest BCUT2D eigenvalue weighted by atomic mass is 10.1. The number of unbranched alkanes of at least 4 members (excludes halogenated alkanes) is 5. The molecule has 2 aromatic rings. The van der Waals surface area contributed by atoms with Crippen molar-refractivity contribution in [2.24, 2.45) is 0 Å². The van der Waals surface area contributed by atoms with Gasteiger partial charge in [-0.05, 0) is 25.0 Å². The number of hydrogen-bond acceptors (Lipinski definition) is 2. The molecule has 20 heavy (non-hydrogen) atoms. The summed E-state index contributed by atoms with van der Waals surface area (Å²) in [6.45, 7) is 0.786. The Morgan fingerprint density at radius 1 is 0.900 bits per heavy atom. The van der Waals surface area contributed by atoms with E-state index >= 15 is 0 Å². The summed E-state index contributed by atoms with van der Waals surface area (Å²) in [7, 11) is 0. The molecule has 1 heterocycles. The van der Waals surface area contributed by atoms with E-state index in [1.165, 1.54) is 32.1 Å². The van der Waals surface area contributed by atoms with E-state index in [4.69, 9.17) is 4.74 Å². The van der Waals surface area contributed by atoms with Crippen LogP contribution in [0.4, 0.5) is 0 Å². The van der Waals surface area contributed by atoms with E-state index in [9.17, 15) is 0 Å². The van der Waals surface area contributed by atoms with Gasteiger partial charge in [0.1, 0.15) is 11.3 Å². The van der Waals surface area contributed by atoms with Crippen LogP contribution in [-0.4, -0.2) is 16.9 Å². The van der Waals surface area contributed by atoms with Gasteiger partial charge in [-0.1, -0.05) is 59.8 Å². The van der Waals surface area contributed by atoms with Crippen molar-refractivity contribution in [1.29, 1.82) is 0 Å². The molecule has 0 aliphatic rings. The zero-order chi connectivity index (χ0) is 14.0. The van der Waals surface area contributed by atoms with E-state index in [1.54, 1.807) is 0 Å². The fourth-order valence-electron chi connectivity index (χ4n) is 2.28. The third-order valence-corrected chi connectivity index (χ3v) is 3.94. The van der Waals surface area contributed by atoms with Crippen molar-refractivity contribution in [1.82, 2.24) is 4.98 Å². The lowest BCUT2D eigenvalue weighted by molar-refractivity contribution is 0.307. The number of aromatic nitrogens is 1. The Bertz CT molecular complexity index is 510. The van der Waals surface area contributed by atoms with Crippen LogP contribution in [0.2, 0.25) is 0 Å². The molecule has 0 N–H and O–H groups in total. The maximum absolute atomic E-state index is 5.88. The molecule has 1 aromatic carbocycles. The van der Waals surface area contributed by atoms with Crippen molar-refractivity contribution in [3.05, 3.63) is 36.5 Å². The smallest absolute Gasteiger partial charge is 0.145 e. The highest BCUT2D eigenvalue weighted by Crippen LogP contribution is 2.23. The second-order valence-corrected chi connectivity index (χ2v) is 5.78. The number of halogens is 1. The maximum Gasteiger partial charge on any atom is 0.145 e. The molecule has 0 aliphatic carbocycles. The van der Waals surface area contributed by atoms with Gasteiger partial charge < -0.3 is 4.74 Å². The van der Waals surface area contributed by atoms with Crippen LogP contribution in [-0.2, 0) is 0 Å². The van der Waals surface area contributed by atoms with Gasteiger partial charge in [-0.25, -0.2) is 0 Å². The average Bonchev–Trinajstić information content (AvgIpc) is 2.50. The summed E-state index contributed by atoms with van der Waals surface area (Å²) in [4.78, 5) is 4.40. The number of ether oxygens (including phenoxy) is 1. The van der Waals surface area contributed by atoms with Crippen LogP contribution < -0.4 is 4.74 Å². The molecule has 0 radical (unpaired) electrons. The second-order valence-electron chi connectivity index (χ2n) is 4.99. The van der Waals surface area contributed by atoms with E-state index in [-0.39, 0.29) is 0 Å². The Hall–Kier alpha value is -1.09. The molecule has 0 saturated heterocycles. The molecule has 0 unspecified atom stereocenters. The Labute approximate surface area is 129 Å². The summed E-state index contributed by atoms with van der Waals surface area (Å²) < 4.78 is 5.88. The van der Waals surface area contributed by atoms with Gasteiger partial charge in [0.2, 0.25) is 0 Å². The Balaban J connectivity index is 1.71. The molecule has 0 aliphatic heterocycles. The van der Waals surface area contributed by atoms with Crippen LogP contribution >= 0.6 is 15.9 Å². The highest BCUT2D eigenvalue weighted by Gasteiger charge is 2.02. The van der Waals surface area contributed by atoms with Gasteiger partial charge in [-0.3, -0.25) is 4.98 Å². The first-order valence-electron chi connectivity index (χ1n) is 7.44. The molecule has 0 atom stereocenters. The first kappa shape index (κ1) is 15.3. The Morgan fingerprint density at radius 3 is 2.50 bits per heavy atom. The Kier molecular flexibility index (Phi) is 6.85. The van der Waals surface area contributed by atoms with E-state index in [0.717, 1.165) is 35.0 Å². The predicted molar refractivity (Wildman–Crippen MR) is 88.7 cm³/mol. The Morgan fingerprint density at radius 2 is 1.65 bits per heavy atom. The number of alkyl halides is 1. The van der Waals surface area contributed by atoms with Crippen molar-refractivity contribution >= 4 is 26.8 Å². The molecule has 0 fully saturated rings. The summed E-state index contributed by atoms with van der Waals surface area (Å²) in [6, 6.07) is 10.1. The van der Waals surface area contributed by atoms with E-state index in [1.807, 2.05) is 24.4 Å². The van der Waals surface area contributed by atoms with Crippen LogP contribution in [0, 0.1) is 0 Å². The first-order chi connectivity index (χ1) is 9.92. The predicted octanol–water partition coefficient (Wildman–Crippen LogP) is 5.35. The van der Waals surface area contributed by atoms with Crippen LogP contribution in [0.25, 0.3) is 10.9 Å². The molecule has 0 saturated carbocycles. The number of benzene rings is 1. The van der Waals surface area contributed by atoms with Gasteiger partial charge in [0.05, 0.1) is 6.61 Å². The maximum atomic E-state index is 5.88. The summed E-state index contributed by atoms with van der Waals surface area (Å²) in [5.74, 6) is 0.905. The summed E-state index contributed by atoms with van der Waals surface area (Å²) in [6.07, 6.45) is 9.46. The zero-order valence-electron chi connectivity index (χ0n) is 11.9. The van der Waals surface area contributed by atoms with Crippen molar-refractivity contribution in [3.63, 3.8) is 0 Å². The van der Waals surface area contributed by atoms with Crippen LogP contribution in [0.5, 0.6) is 5.75 Å². The number of pyridine rings is 1. The SMILES string of the molecule is BrCCCCCCCCOc1cccc2cccnc12. The van der Waals surface area contributed by atoms with Crippen molar-refractivity contribution in [2.45, 2.75) is 38.5 Å². The van der Waals surface area contributed by atoms with Gasteiger partial charge in [0, 0.05) is 16.9 Å². The molecule has 1 aromatic heterocycles. The molecule has 3 heteroatoms. The second kappa shape index (κ2) is 8.96. The first-order valence-corrected chi connectivity index (χ1v) is 8.56. The lowest BCUT2D eigenvalue weighted by Gasteiger charge is -2.08. The summed E-state index contributed by atoms with van der Waals surface area (Å²) in [5, 5.41) is 2.27. The average molecular weight is 336 g/mol. The summed E-state index contributed by atoms with van der Waals surface area (Å²) >= 11 is 3.46. The number of nitrogens with zero attached hydrogens (tertiary/aromatic N) is 1. The van der Waals surface area contributed by atoms with Crippen LogP contribution in [0.3, 0.4) is 0 Å². The zero-order valence-corrected chi connectivity index (χ0v) is 13.4. The van der Waals surface area contributed by atoms with Crippen LogP contribution in [0.1, 0.15) is 38.5 Å². The van der Waals surface area contributed by atoms with Gasteiger partial charge in [-0.15, -0.1) is 0 Å². The minimum absolute atomic E-state index is 0.786. The fourth-order valence-corrected chi connectivity index (χ4v) is 2.67. The van der Waals surface area contributed by atoms with Crippen molar-refractivity contribution < 1.29 is 4.74 Å². The fraction of sp³-hybridized carbons (Fsp3) is 0.471. The molecule has 108 valence electrons. The highest BCUT2D eigenvalue weighted by molar-refractivity contribution is 9.09. The quantitative estimate of drug-likeness (QED) is 0.455. The van der Waals surface area contributed by atoms with Crippen molar-refractivity contribution in [2.75, 3.05) is 11.9 Å². The molecule has 2 rings (SSSR count). The monoisotopic (exact) mass is 335 g/mol. The molecule has 2 nitrogen and oxygen atoms in total. The lowest BCUT2D eigenvalue weighted by Crippen LogP contribution is -1.98. The van der Waals surface area contributed by atoms with Gasteiger partial charge in [-0.2, -0.15) is 0 Å². The number of fused-ring (bicyclic) bond motifs is 1. The van der Waals surface area contributed by atoms with E-state index in [2.05, 4.69) is 33.0 Å². The minimum Gasteiger partial charge on any atom is -0.491 e. The van der Waals surface area contributed by atoms with Gasteiger partial charge in [0.25, 0.3) is 0 Å². The van der Waals surface area contributed by atoms with E-state index in [0.29, 0.717) is 0 Å². The van der Waals surface area contributed by atoms with Gasteiger partial charge in [0.15, 0.2) is 0 Å². The van der Waals surface area contributed by atoms with Crippen molar-refractivity contribution in [3.8, 4) is 5.75 Å². The molecular formula is C17H22BrNO. The largest absolute Gasteiger partial charge is 0.491 e. The normalized spacial score (nSPS) is 10.8. The van der Waals surface area contributed by atoms with E-state index < -0.39 is 0 Å². The van der Waals surface area contributed by atoms with Gasteiger partial charge >= 0.3 is 0 Å². The third-order valence-electron chi connectivity index (χ3n) is 3.38. The number of hydrogen-bond donors (Lipinski definition) is 0. The molecule has 0 amide bonds.